The Bertz CT molecular complexity index is 1210. The molecule has 5 rings (SSSR count). The molecule has 0 bridgehead atoms. The number of hydrogen-bond acceptors (Lipinski definition) is 26. The second kappa shape index (κ2) is 19.6. The van der Waals surface area contributed by atoms with E-state index in [-0.39, 0.29) is 0 Å². The van der Waals surface area contributed by atoms with E-state index in [4.69, 9.17) is 42.6 Å². The van der Waals surface area contributed by atoms with E-state index in [9.17, 15) is 86.8 Å². The average Bonchev–Trinajstić information content (AvgIpc) is 3.18. The van der Waals surface area contributed by atoms with Gasteiger partial charge in [0, 0.05) is 0 Å². The molecule has 0 radical (unpaired) electrons. The van der Waals surface area contributed by atoms with Crippen molar-refractivity contribution in [3.8, 4) is 0 Å². The summed E-state index contributed by atoms with van der Waals surface area (Å²) < 4.78 is 48.9. The van der Waals surface area contributed by atoms with Crippen molar-refractivity contribution in [1.29, 1.82) is 0 Å². The Morgan fingerprint density at radius 2 is 0.518 bits per heavy atom. The smallest absolute Gasteiger partial charge is 0.187 e. The fraction of sp³-hybridized carbons (Fsp3) is 1.00. The lowest BCUT2D eigenvalue weighted by Gasteiger charge is -2.49. The maximum absolute atomic E-state index is 11.4. The van der Waals surface area contributed by atoms with Crippen LogP contribution in [0.15, 0.2) is 0 Å². The highest BCUT2D eigenvalue weighted by atomic mass is 16.8. The molecular formula is C30H52O26. The van der Waals surface area contributed by atoms with E-state index in [0.717, 1.165) is 0 Å². The predicted molar refractivity (Wildman–Crippen MR) is 167 cm³/mol. The normalized spacial score (nSPS) is 53.2. The lowest BCUT2D eigenvalue weighted by atomic mass is 9.95. The lowest BCUT2D eigenvalue weighted by Crippen LogP contribution is -2.68. The van der Waals surface area contributed by atoms with Gasteiger partial charge in [-0.3, -0.25) is 0 Å². The van der Waals surface area contributed by atoms with Crippen molar-refractivity contribution in [1.82, 2.24) is 0 Å². The van der Waals surface area contributed by atoms with Crippen molar-refractivity contribution in [2.75, 3.05) is 33.0 Å². The van der Waals surface area contributed by atoms with Gasteiger partial charge in [0.25, 0.3) is 0 Å². The van der Waals surface area contributed by atoms with E-state index in [1.807, 2.05) is 0 Å². The van der Waals surface area contributed by atoms with Crippen LogP contribution in [0.5, 0.6) is 0 Å². The molecule has 0 saturated carbocycles. The highest BCUT2D eigenvalue weighted by Crippen LogP contribution is 2.35. The Labute approximate surface area is 316 Å². The molecule has 0 amide bonds. The molecule has 0 aliphatic carbocycles. The standard InChI is InChI=1S/C30H52O26/c31-1-6-11(36)16(41)17(42)27(49-6)54-23-13(38)8(3-33)51-29(19(23)44)56-25-15(40)10(5-35)52-30(21(25)46)55-24-14(39)9(4-34)50-28(20(24)45)53-22-12(37)7(2-32)48-26(47)18(22)43/h6-47H,1-5H2/t6-,7-,8-,9-,10-,11-,12-,13-,14-,15-,16+,17-,18-,19-,20-,21-,22+,23+,24+,25+,26?,27-,28+,29+,30-/m1/s1. The van der Waals surface area contributed by atoms with Gasteiger partial charge in [0.1, 0.15) is 122 Å². The highest BCUT2D eigenvalue weighted by Gasteiger charge is 2.56. The van der Waals surface area contributed by atoms with Crippen molar-refractivity contribution in [3.63, 3.8) is 0 Å². The van der Waals surface area contributed by atoms with Crippen LogP contribution in [-0.2, 0) is 42.6 Å². The van der Waals surface area contributed by atoms with Crippen molar-refractivity contribution < 1.29 is 129 Å². The van der Waals surface area contributed by atoms with E-state index in [1.54, 1.807) is 0 Å². The first-order valence-electron chi connectivity index (χ1n) is 17.6. The first-order valence-corrected chi connectivity index (χ1v) is 17.6. The zero-order valence-electron chi connectivity index (χ0n) is 29.2. The fourth-order valence-corrected chi connectivity index (χ4v) is 7.01. The lowest BCUT2D eigenvalue weighted by molar-refractivity contribution is -0.395. The Balaban J connectivity index is 1.34. The van der Waals surface area contributed by atoms with Crippen LogP contribution >= 0.6 is 0 Å². The first-order chi connectivity index (χ1) is 26.5. The van der Waals surface area contributed by atoms with Gasteiger partial charge in [-0.25, -0.2) is 0 Å². The molecule has 0 aromatic carbocycles. The van der Waals surface area contributed by atoms with Crippen LogP contribution in [0.3, 0.4) is 0 Å². The Morgan fingerprint density at radius 3 is 0.821 bits per heavy atom. The van der Waals surface area contributed by atoms with Gasteiger partial charge < -0.3 is 129 Å². The summed E-state index contributed by atoms with van der Waals surface area (Å²) in [5, 5.41) is 177. The van der Waals surface area contributed by atoms with Crippen LogP contribution in [0.2, 0.25) is 0 Å². The maximum Gasteiger partial charge on any atom is 0.187 e. The summed E-state index contributed by atoms with van der Waals surface area (Å²) in [5.41, 5.74) is 0. The van der Waals surface area contributed by atoms with Gasteiger partial charge in [-0.2, -0.15) is 0 Å². The van der Waals surface area contributed by atoms with Gasteiger partial charge in [0.15, 0.2) is 31.5 Å². The molecule has 17 N–H and O–H groups in total. The quantitative estimate of drug-likeness (QED) is 0.0819. The Kier molecular flexibility index (Phi) is 16.1. The third kappa shape index (κ3) is 9.16. The molecule has 0 aromatic heterocycles. The summed E-state index contributed by atoms with van der Waals surface area (Å²) in [6.07, 6.45) is -47.2. The summed E-state index contributed by atoms with van der Waals surface area (Å²) in [7, 11) is 0. The molecule has 5 aliphatic heterocycles. The summed E-state index contributed by atoms with van der Waals surface area (Å²) in [6, 6.07) is 0. The Hall–Kier alpha value is -1.04. The summed E-state index contributed by atoms with van der Waals surface area (Å²) in [6.45, 7) is -4.58. The summed E-state index contributed by atoms with van der Waals surface area (Å²) in [4.78, 5) is 0. The molecule has 0 aromatic rings. The number of aliphatic hydroxyl groups is 17. The molecule has 5 heterocycles. The molecule has 26 heteroatoms. The molecule has 328 valence electrons. The fourth-order valence-electron chi connectivity index (χ4n) is 7.01. The van der Waals surface area contributed by atoms with Gasteiger partial charge in [-0.1, -0.05) is 0 Å². The predicted octanol–water partition coefficient (Wildman–Crippen LogP) is -11.9. The molecule has 25 atom stereocenters. The van der Waals surface area contributed by atoms with Gasteiger partial charge in [-0.15, -0.1) is 0 Å². The first kappa shape index (κ1) is 46.0. The van der Waals surface area contributed by atoms with Gasteiger partial charge >= 0.3 is 0 Å². The number of hydrogen-bond donors (Lipinski definition) is 17. The minimum absolute atomic E-state index is 0.837. The topological polar surface area (TPSA) is 427 Å². The highest BCUT2D eigenvalue weighted by molar-refractivity contribution is 4.99. The zero-order chi connectivity index (χ0) is 41.3. The maximum atomic E-state index is 11.4. The van der Waals surface area contributed by atoms with Gasteiger partial charge in [0.2, 0.25) is 0 Å². The minimum Gasteiger partial charge on any atom is -0.394 e. The molecule has 5 fully saturated rings. The largest absolute Gasteiger partial charge is 0.394 e. The van der Waals surface area contributed by atoms with E-state index in [2.05, 4.69) is 0 Å². The van der Waals surface area contributed by atoms with Crippen molar-refractivity contribution in [3.05, 3.63) is 0 Å². The molecular weight excluding hydrogens is 776 g/mol. The zero-order valence-corrected chi connectivity index (χ0v) is 29.2. The van der Waals surface area contributed by atoms with Gasteiger partial charge in [-0.05, 0) is 0 Å². The molecule has 1 unspecified atom stereocenters. The molecule has 5 aliphatic rings. The van der Waals surface area contributed by atoms with Crippen LogP contribution in [-0.4, -0.2) is 273 Å². The van der Waals surface area contributed by atoms with Crippen LogP contribution in [0, 0.1) is 0 Å². The van der Waals surface area contributed by atoms with E-state index in [0.29, 0.717) is 0 Å². The number of rotatable bonds is 13. The number of aliphatic hydroxyl groups excluding tert-OH is 17. The molecule has 0 spiro atoms. The molecule has 26 nitrogen and oxygen atoms in total. The van der Waals surface area contributed by atoms with E-state index >= 15 is 0 Å². The SMILES string of the molecule is OC[C@H]1O[C@H](O[C@@H]2[C@@H](O)[C@H](O[C@@H]3[C@@H](O)[C@@H](O[C@@H]4[C@@H](O)[C@H](O[C@H]5[C@H](O)[C@@H](CO)OC(O)[C@@H]5O)O[C@H](CO)[C@H]4O)O[C@H](CO)[C@H]3O)O[C@H](CO)[C@H]2O)[C@H](O)[C@@H](O)[C@@H]1O. The van der Waals surface area contributed by atoms with Crippen molar-refractivity contribution >= 4 is 0 Å². The minimum atomic E-state index is -2.18. The van der Waals surface area contributed by atoms with Crippen molar-refractivity contribution in [2.45, 2.75) is 154 Å². The second-order valence-corrected chi connectivity index (χ2v) is 13.9. The second-order valence-electron chi connectivity index (χ2n) is 13.9. The molecule has 56 heavy (non-hydrogen) atoms. The third-order valence-electron chi connectivity index (χ3n) is 10.3. The van der Waals surface area contributed by atoms with E-state index < -0.39 is 187 Å². The van der Waals surface area contributed by atoms with Gasteiger partial charge in [0.05, 0.1) is 33.0 Å². The van der Waals surface area contributed by atoms with Crippen LogP contribution in [0.25, 0.3) is 0 Å². The average molecular weight is 829 g/mol. The summed E-state index contributed by atoms with van der Waals surface area (Å²) >= 11 is 0. The van der Waals surface area contributed by atoms with Crippen LogP contribution in [0.1, 0.15) is 0 Å². The third-order valence-corrected chi connectivity index (χ3v) is 10.3. The van der Waals surface area contributed by atoms with Crippen molar-refractivity contribution in [2.24, 2.45) is 0 Å². The number of ether oxygens (including phenoxy) is 9. The Morgan fingerprint density at radius 1 is 0.268 bits per heavy atom. The monoisotopic (exact) mass is 828 g/mol. The van der Waals surface area contributed by atoms with Crippen LogP contribution in [0.4, 0.5) is 0 Å². The van der Waals surface area contributed by atoms with E-state index in [1.165, 1.54) is 0 Å². The van der Waals surface area contributed by atoms with Crippen LogP contribution < -0.4 is 0 Å². The summed E-state index contributed by atoms with van der Waals surface area (Å²) in [5.74, 6) is 0. The molecule has 5 saturated heterocycles.